The third-order valence-electron chi connectivity index (χ3n) is 3.61. The van der Waals surface area contributed by atoms with Gasteiger partial charge in [-0.15, -0.1) is 11.8 Å². The first-order valence-electron chi connectivity index (χ1n) is 6.93. The molecular weight excluding hydrogens is 282 g/mol. The molecule has 0 aliphatic carbocycles. The number of carbonyl (C=O) groups excluding carboxylic acids is 1. The highest BCUT2D eigenvalue weighted by atomic mass is 32.2. The minimum atomic E-state index is 0.00823. The van der Waals surface area contributed by atoms with E-state index in [0.717, 1.165) is 24.4 Å². The predicted molar refractivity (Wildman–Crippen MR) is 86.2 cm³/mol. The number of hydrogen-bond acceptors (Lipinski definition) is 3. The van der Waals surface area contributed by atoms with Gasteiger partial charge in [0, 0.05) is 17.1 Å². The van der Waals surface area contributed by atoms with Crippen molar-refractivity contribution >= 4 is 23.4 Å². The fourth-order valence-corrected chi connectivity index (χ4v) is 2.90. The van der Waals surface area contributed by atoms with Crippen molar-refractivity contribution in [3.05, 3.63) is 54.1 Å². The molecule has 21 heavy (non-hydrogen) atoms. The Balaban J connectivity index is 1.62. The largest absolute Gasteiger partial charge is 0.484 e. The summed E-state index contributed by atoms with van der Waals surface area (Å²) in [4.78, 5) is 15.3. The number of rotatable bonds is 4. The first-order chi connectivity index (χ1) is 10.3. The van der Waals surface area contributed by atoms with Crippen LogP contribution in [-0.4, -0.2) is 25.3 Å². The van der Waals surface area contributed by atoms with Crippen LogP contribution in [0.15, 0.2) is 53.4 Å². The fraction of sp³-hybridized carbons (Fsp3) is 0.235. The van der Waals surface area contributed by atoms with Gasteiger partial charge in [0.25, 0.3) is 5.91 Å². The zero-order chi connectivity index (χ0) is 14.7. The third-order valence-corrected chi connectivity index (χ3v) is 4.35. The molecule has 1 aliphatic heterocycles. The van der Waals surface area contributed by atoms with Crippen LogP contribution in [-0.2, 0) is 11.2 Å². The van der Waals surface area contributed by atoms with Gasteiger partial charge in [-0.2, -0.15) is 0 Å². The Labute approximate surface area is 128 Å². The Morgan fingerprint density at radius 1 is 1.19 bits per heavy atom. The number of ether oxygens (including phenoxy) is 1. The molecule has 0 radical (unpaired) electrons. The summed E-state index contributed by atoms with van der Waals surface area (Å²) in [5, 5.41) is 0. The molecule has 2 aromatic rings. The van der Waals surface area contributed by atoms with Crippen molar-refractivity contribution < 1.29 is 9.53 Å². The van der Waals surface area contributed by atoms with Crippen LogP contribution in [0.1, 0.15) is 5.56 Å². The smallest absolute Gasteiger partial charge is 0.264 e. The van der Waals surface area contributed by atoms with Crippen molar-refractivity contribution in [2.75, 3.05) is 24.3 Å². The summed E-state index contributed by atoms with van der Waals surface area (Å²) in [6, 6.07) is 15.8. The Hall–Kier alpha value is -1.94. The van der Waals surface area contributed by atoms with E-state index in [-0.39, 0.29) is 12.5 Å². The molecule has 2 aromatic carbocycles. The molecule has 0 bridgehead atoms. The van der Waals surface area contributed by atoms with Gasteiger partial charge >= 0.3 is 0 Å². The van der Waals surface area contributed by atoms with E-state index < -0.39 is 0 Å². The molecule has 108 valence electrons. The van der Waals surface area contributed by atoms with Gasteiger partial charge in [-0.3, -0.25) is 4.79 Å². The second kappa shape index (κ2) is 6.22. The van der Waals surface area contributed by atoms with Gasteiger partial charge in [0.05, 0.1) is 0 Å². The highest BCUT2D eigenvalue weighted by Gasteiger charge is 2.24. The average molecular weight is 299 g/mol. The first-order valence-corrected chi connectivity index (χ1v) is 8.15. The first kappa shape index (κ1) is 14.0. The third kappa shape index (κ3) is 3.05. The van der Waals surface area contributed by atoms with Gasteiger partial charge in [0.2, 0.25) is 0 Å². The van der Waals surface area contributed by atoms with Crippen LogP contribution in [0, 0.1) is 0 Å². The maximum atomic E-state index is 12.3. The molecule has 1 heterocycles. The monoisotopic (exact) mass is 299 g/mol. The van der Waals surface area contributed by atoms with Gasteiger partial charge in [-0.05, 0) is 48.6 Å². The van der Waals surface area contributed by atoms with E-state index in [1.54, 1.807) is 11.8 Å². The van der Waals surface area contributed by atoms with Crippen molar-refractivity contribution in [1.82, 2.24) is 0 Å². The Kier molecular flexibility index (Phi) is 4.15. The van der Waals surface area contributed by atoms with E-state index in [1.165, 1.54) is 10.5 Å². The minimum Gasteiger partial charge on any atom is -0.484 e. The van der Waals surface area contributed by atoms with Crippen LogP contribution in [0.2, 0.25) is 0 Å². The molecular formula is C17H17NO2S. The summed E-state index contributed by atoms with van der Waals surface area (Å²) in [5.41, 5.74) is 2.25. The van der Waals surface area contributed by atoms with Gasteiger partial charge < -0.3 is 9.64 Å². The average Bonchev–Trinajstić information content (AvgIpc) is 2.97. The number of hydrogen-bond donors (Lipinski definition) is 0. The van der Waals surface area contributed by atoms with Gasteiger partial charge in [0.1, 0.15) is 5.75 Å². The summed E-state index contributed by atoms with van der Waals surface area (Å²) < 4.78 is 5.59. The number of fused-ring (bicyclic) bond motifs is 1. The molecule has 1 amide bonds. The molecule has 0 atom stereocenters. The predicted octanol–water partition coefficient (Wildman–Crippen LogP) is 3.38. The van der Waals surface area contributed by atoms with Gasteiger partial charge in [-0.1, -0.05) is 18.2 Å². The molecule has 0 N–H and O–H groups in total. The number of carbonyl (C=O) groups is 1. The molecule has 0 saturated carbocycles. The SMILES string of the molecule is CSc1ccc(OCC(=O)N2CCc3ccccc32)cc1. The standard InChI is InChI=1S/C17H17NO2S/c1-21-15-8-6-14(7-9-15)20-12-17(19)18-11-10-13-4-2-3-5-16(13)18/h2-9H,10-12H2,1H3. The summed E-state index contributed by atoms with van der Waals surface area (Å²) >= 11 is 1.68. The van der Waals surface area contributed by atoms with Gasteiger partial charge in [0.15, 0.2) is 6.61 Å². The van der Waals surface area contributed by atoms with Crippen molar-refractivity contribution in [3.8, 4) is 5.75 Å². The normalized spacial score (nSPS) is 13.1. The Morgan fingerprint density at radius 3 is 2.71 bits per heavy atom. The lowest BCUT2D eigenvalue weighted by atomic mass is 10.2. The van der Waals surface area contributed by atoms with Crippen molar-refractivity contribution in [1.29, 1.82) is 0 Å². The lowest BCUT2D eigenvalue weighted by Crippen LogP contribution is -2.33. The summed E-state index contributed by atoms with van der Waals surface area (Å²) in [5.74, 6) is 0.738. The number of amides is 1. The quantitative estimate of drug-likeness (QED) is 0.811. The van der Waals surface area contributed by atoms with E-state index in [0.29, 0.717) is 0 Å². The summed E-state index contributed by atoms with van der Waals surface area (Å²) in [7, 11) is 0. The molecule has 3 nitrogen and oxygen atoms in total. The summed E-state index contributed by atoms with van der Waals surface area (Å²) in [6.45, 7) is 0.819. The van der Waals surface area contributed by atoms with Crippen LogP contribution in [0.5, 0.6) is 5.75 Å². The van der Waals surface area contributed by atoms with Crippen LogP contribution in [0.25, 0.3) is 0 Å². The van der Waals surface area contributed by atoms with E-state index in [9.17, 15) is 4.79 Å². The molecule has 0 spiro atoms. The lowest BCUT2D eigenvalue weighted by Gasteiger charge is -2.17. The van der Waals surface area contributed by atoms with Crippen LogP contribution in [0.3, 0.4) is 0 Å². The topological polar surface area (TPSA) is 29.5 Å². The zero-order valence-electron chi connectivity index (χ0n) is 11.9. The molecule has 0 saturated heterocycles. The Morgan fingerprint density at radius 2 is 1.95 bits per heavy atom. The molecule has 0 aromatic heterocycles. The zero-order valence-corrected chi connectivity index (χ0v) is 12.7. The van der Waals surface area contributed by atoms with Crippen LogP contribution < -0.4 is 9.64 Å². The minimum absolute atomic E-state index is 0.00823. The number of anilines is 1. The number of benzene rings is 2. The van der Waals surface area contributed by atoms with E-state index >= 15 is 0 Å². The second-order valence-electron chi connectivity index (χ2n) is 4.89. The molecule has 3 rings (SSSR count). The van der Waals surface area contributed by atoms with Gasteiger partial charge in [-0.25, -0.2) is 0 Å². The van der Waals surface area contributed by atoms with Crippen molar-refractivity contribution in [3.63, 3.8) is 0 Å². The lowest BCUT2D eigenvalue weighted by molar-refractivity contribution is -0.120. The number of para-hydroxylation sites is 1. The molecule has 0 unspecified atom stereocenters. The second-order valence-corrected chi connectivity index (χ2v) is 5.77. The summed E-state index contributed by atoms with van der Waals surface area (Å²) in [6.07, 6.45) is 2.95. The van der Waals surface area contributed by atoms with Crippen molar-refractivity contribution in [2.45, 2.75) is 11.3 Å². The van der Waals surface area contributed by atoms with E-state index in [2.05, 4.69) is 6.07 Å². The molecule has 4 heteroatoms. The van der Waals surface area contributed by atoms with Crippen LogP contribution in [0.4, 0.5) is 5.69 Å². The molecule has 0 fully saturated rings. The Bertz CT molecular complexity index is 639. The van der Waals surface area contributed by atoms with E-state index in [4.69, 9.17) is 4.74 Å². The fourth-order valence-electron chi connectivity index (χ4n) is 2.49. The molecule has 1 aliphatic rings. The highest BCUT2D eigenvalue weighted by Crippen LogP contribution is 2.27. The number of nitrogens with zero attached hydrogens (tertiary/aromatic N) is 1. The van der Waals surface area contributed by atoms with Crippen molar-refractivity contribution in [2.24, 2.45) is 0 Å². The van der Waals surface area contributed by atoms with E-state index in [1.807, 2.05) is 53.6 Å². The maximum Gasteiger partial charge on any atom is 0.264 e. The number of thioether (sulfide) groups is 1. The maximum absolute atomic E-state index is 12.3. The van der Waals surface area contributed by atoms with Crippen LogP contribution >= 0.6 is 11.8 Å². The highest BCUT2D eigenvalue weighted by molar-refractivity contribution is 7.98.